The van der Waals surface area contributed by atoms with Crippen LogP contribution in [0.5, 0.6) is 0 Å². The van der Waals surface area contributed by atoms with Gasteiger partial charge in [-0.3, -0.25) is 4.40 Å². The van der Waals surface area contributed by atoms with E-state index < -0.39 is 0 Å². The van der Waals surface area contributed by atoms with Crippen LogP contribution in [0.25, 0.3) is 5.65 Å². The van der Waals surface area contributed by atoms with Gasteiger partial charge in [-0.1, -0.05) is 6.07 Å². The number of hydrogen-bond donors (Lipinski definition) is 2. The van der Waals surface area contributed by atoms with Gasteiger partial charge in [0.05, 0.1) is 12.1 Å². The Kier molecular flexibility index (Phi) is 1.73. The van der Waals surface area contributed by atoms with E-state index in [1.807, 2.05) is 28.8 Å². The highest BCUT2D eigenvalue weighted by atomic mass is 16.3. The van der Waals surface area contributed by atoms with E-state index in [1.165, 1.54) is 0 Å². The van der Waals surface area contributed by atoms with Crippen LogP contribution in [0.4, 0.5) is 5.82 Å². The van der Waals surface area contributed by atoms with Crippen LogP contribution < -0.4 is 5.32 Å². The average Bonchev–Trinajstić information content (AvgIpc) is 2.87. The molecule has 2 heterocycles. The molecule has 0 aliphatic heterocycles. The lowest BCUT2D eigenvalue weighted by Crippen LogP contribution is -2.26. The molecule has 2 aromatic heterocycles. The van der Waals surface area contributed by atoms with E-state index in [0.717, 1.165) is 24.3 Å². The highest BCUT2D eigenvalue weighted by Crippen LogP contribution is 2.38. The van der Waals surface area contributed by atoms with E-state index in [0.29, 0.717) is 0 Å². The fourth-order valence-electron chi connectivity index (χ4n) is 1.79. The smallest absolute Gasteiger partial charge is 0.138 e. The first-order valence-electron chi connectivity index (χ1n) is 5.14. The average molecular weight is 203 g/mol. The monoisotopic (exact) mass is 203 g/mol. The van der Waals surface area contributed by atoms with E-state index >= 15 is 0 Å². The first kappa shape index (κ1) is 8.73. The van der Waals surface area contributed by atoms with Gasteiger partial charge in [0.15, 0.2) is 0 Å². The second-order valence-corrected chi connectivity index (χ2v) is 4.13. The van der Waals surface area contributed by atoms with Gasteiger partial charge in [0.1, 0.15) is 11.5 Å². The van der Waals surface area contributed by atoms with E-state index in [4.69, 9.17) is 0 Å². The number of anilines is 1. The zero-order valence-electron chi connectivity index (χ0n) is 8.35. The lowest BCUT2D eigenvalue weighted by atomic mass is 10.3. The van der Waals surface area contributed by atoms with Gasteiger partial charge in [0.25, 0.3) is 0 Å². The number of nitrogens with one attached hydrogen (secondary N) is 1. The van der Waals surface area contributed by atoms with Crippen molar-refractivity contribution in [1.29, 1.82) is 0 Å². The van der Waals surface area contributed by atoms with Gasteiger partial charge in [-0.15, -0.1) is 0 Å². The number of aliphatic hydroxyl groups excluding tert-OH is 1. The minimum atomic E-state index is -0.0848. The molecule has 1 aliphatic rings. The van der Waals surface area contributed by atoms with Crippen LogP contribution in [0, 0.1) is 0 Å². The molecule has 3 rings (SSSR count). The molecule has 0 bridgehead atoms. The Bertz CT molecular complexity index is 487. The number of hydrogen-bond acceptors (Lipinski definition) is 3. The number of pyridine rings is 1. The Hall–Kier alpha value is -1.55. The summed E-state index contributed by atoms with van der Waals surface area (Å²) in [5.74, 6) is 0.997. The van der Waals surface area contributed by atoms with Crippen LogP contribution in [-0.4, -0.2) is 26.6 Å². The lowest BCUT2D eigenvalue weighted by Gasteiger charge is -2.16. The van der Waals surface area contributed by atoms with Gasteiger partial charge in [-0.05, 0) is 25.0 Å². The van der Waals surface area contributed by atoms with Gasteiger partial charge in [-0.25, -0.2) is 4.98 Å². The second-order valence-electron chi connectivity index (χ2n) is 4.13. The summed E-state index contributed by atoms with van der Waals surface area (Å²) >= 11 is 0. The normalized spacial score (nSPS) is 17.9. The fourth-order valence-corrected chi connectivity index (χ4v) is 1.79. The zero-order valence-corrected chi connectivity index (χ0v) is 8.35. The van der Waals surface area contributed by atoms with Crippen molar-refractivity contribution >= 4 is 11.5 Å². The number of aliphatic hydroxyl groups is 1. The summed E-state index contributed by atoms with van der Waals surface area (Å²) in [4.78, 5) is 4.22. The third-order valence-electron chi connectivity index (χ3n) is 2.98. The summed E-state index contributed by atoms with van der Waals surface area (Å²) in [6.45, 7) is 0.193. The van der Waals surface area contributed by atoms with Crippen molar-refractivity contribution in [3.63, 3.8) is 0 Å². The Morgan fingerprint density at radius 3 is 3.07 bits per heavy atom. The van der Waals surface area contributed by atoms with Crippen molar-refractivity contribution < 1.29 is 5.11 Å². The molecular formula is C11H13N3O. The van der Waals surface area contributed by atoms with Gasteiger partial charge >= 0.3 is 0 Å². The standard InChI is InChI=1S/C11H13N3O/c15-8-11(4-5-11)13-10-3-1-2-9-12-6-7-14(9)10/h1-3,6-7,13,15H,4-5,8H2. The third-order valence-corrected chi connectivity index (χ3v) is 2.98. The maximum atomic E-state index is 9.25. The highest BCUT2D eigenvalue weighted by molar-refractivity contribution is 5.52. The molecule has 4 nitrogen and oxygen atoms in total. The van der Waals surface area contributed by atoms with E-state index in [9.17, 15) is 5.11 Å². The van der Waals surface area contributed by atoms with Crippen LogP contribution in [-0.2, 0) is 0 Å². The minimum absolute atomic E-state index is 0.0848. The van der Waals surface area contributed by atoms with Crippen molar-refractivity contribution in [1.82, 2.24) is 9.38 Å². The van der Waals surface area contributed by atoms with E-state index in [1.54, 1.807) is 6.20 Å². The molecule has 0 unspecified atom stereocenters. The van der Waals surface area contributed by atoms with Crippen molar-refractivity contribution in [2.75, 3.05) is 11.9 Å². The summed E-state index contributed by atoms with van der Waals surface area (Å²) in [7, 11) is 0. The maximum Gasteiger partial charge on any atom is 0.138 e. The molecule has 0 aromatic carbocycles. The lowest BCUT2D eigenvalue weighted by molar-refractivity contribution is 0.266. The summed E-state index contributed by atoms with van der Waals surface area (Å²) in [5, 5.41) is 12.6. The first-order valence-corrected chi connectivity index (χ1v) is 5.14. The maximum absolute atomic E-state index is 9.25. The highest BCUT2D eigenvalue weighted by Gasteiger charge is 2.42. The summed E-state index contributed by atoms with van der Waals surface area (Å²) in [6.07, 6.45) is 5.77. The molecule has 0 radical (unpaired) electrons. The molecule has 0 saturated heterocycles. The number of nitrogens with zero attached hydrogens (tertiary/aromatic N) is 2. The van der Waals surface area contributed by atoms with Gasteiger partial charge in [0.2, 0.25) is 0 Å². The topological polar surface area (TPSA) is 49.6 Å². The number of rotatable bonds is 3. The Morgan fingerprint density at radius 2 is 2.33 bits per heavy atom. The Labute approximate surface area is 87.6 Å². The van der Waals surface area contributed by atoms with E-state index in [2.05, 4.69) is 10.3 Å². The predicted molar refractivity (Wildman–Crippen MR) is 57.9 cm³/mol. The molecule has 2 aromatic rings. The minimum Gasteiger partial charge on any atom is -0.394 e. The molecule has 0 atom stereocenters. The summed E-state index contributed by atoms with van der Waals surface area (Å²) in [6, 6.07) is 5.94. The molecule has 15 heavy (non-hydrogen) atoms. The van der Waals surface area contributed by atoms with Crippen molar-refractivity contribution in [2.45, 2.75) is 18.4 Å². The molecule has 78 valence electrons. The molecule has 1 aliphatic carbocycles. The van der Waals surface area contributed by atoms with Crippen molar-refractivity contribution in [3.8, 4) is 0 Å². The largest absolute Gasteiger partial charge is 0.394 e. The quantitative estimate of drug-likeness (QED) is 0.789. The first-order chi connectivity index (χ1) is 7.33. The third kappa shape index (κ3) is 1.37. The molecule has 2 N–H and O–H groups in total. The molecule has 0 amide bonds. The predicted octanol–water partition coefficient (Wildman–Crippen LogP) is 1.27. The Morgan fingerprint density at radius 1 is 1.47 bits per heavy atom. The summed E-state index contributed by atoms with van der Waals surface area (Å²) in [5.41, 5.74) is 0.840. The van der Waals surface area contributed by atoms with Crippen LogP contribution >= 0.6 is 0 Å². The van der Waals surface area contributed by atoms with Crippen molar-refractivity contribution in [2.24, 2.45) is 0 Å². The van der Waals surface area contributed by atoms with Crippen LogP contribution in [0.1, 0.15) is 12.8 Å². The molecule has 1 fully saturated rings. The van der Waals surface area contributed by atoms with Crippen LogP contribution in [0.2, 0.25) is 0 Å². The fraction of sp³-hybridized carbons (Fsp3) is 0.364. The van der Waals surface area contributed by atoms with E-state index in [-0.39, 0.29) is 12.1 Å². The Balaban J connectivity index is 2.00. The molecule has 0 spiro atoms. The van der Waals surface area contributed by atoms with Crippen molar-refractivity contribution in [3.05, 3.63) is 30.6 Å². The van der Waals surface area contributed by atoms with Gasteiger partial charge in [0, 0.05) is 12.4 Å². The van der Waals surface area contributed by atoms with Gasteiger partial charge in [-0.2, -0.15) is 0 Å². The molecular weight excluding hydrogens is 190 g/mol. The molecule has 4 heteroatoms. The van der Waals surface area contributed by atoms with Gasteiger partial charge < -0.3 is 10.4 Å². The van der Waals surface area contributed by atoms with Crippen LogP contribution in [0.3, 0.4) is 0 Å². The number of aromatic nitrogens is 2. The zero-order chi connectivity index (χ0) is 10.3. The van der Waals surface area contributed by atoms with Crippen LogP contribution in [0.15, 0.2) is 30.6 Å². The number of fused-ring (bicyclic) bond motifs is 1. The number of imidazole rings is 1. The SMILES string of the molecule is OCC1(Nc2cccc3nccn23)CC1. The summed E-state index contributed by atoms with van der Waals surface area (Å²) < 4.78 is 2.00. The second kappa shape index (κ2) is 2.97. The molecule has 1 saturated carbocycles.